The fourth-order valence-corrected chi connectivity index (χ4v) is 2.71. The highest BCUT2D eigenvalue weighted by atomic mass is 19.1. The molecule has 0 N–H and O–H groups in total. The van der Waals surface area contributed by atoms with E-state index in [4.69, 9.17) is 4.74 Å². The maximum atomic E-state index is 13.3. The van der Waals surface area contributed by atoms with Gasteiger partial charge < -0.3 is 14.5 Å². The second-order valence-corrected chi connectivity index (χ2v) is 5.51. The summed E-state index contributed by atoms with van der Waals surface area (Å²) in [6.07, 6.45) is 0. The Labute approximate surface area is 139 Å². The Morgan fingerprint density at radius 3 is 2.58 bits per heavy atom. The monoisotopic (exact) mass is 328 g/mol. The Morgan fingerprint density at radius 2 is 1.83 bits per heavy atom. The van der Waals surface area contributed by atoms with Crippen LogP contribution in [-0.2, 0) is 16.1 Å². The van der Waals surface area contributed by atoms with Crippen LogP contribution in [-0.4, -0.2) is 36.9 Å². The molecule has 0 saturated carbocycles. The number of carbonyl (C=O) groups is 2. The number of carbonyl (C=O) groups excluding carboxylic acids is 2. The zero-order chi connectivity index (χ0) is 17.1. The third kappa shape index (κ3) is 3.22. The molecule has 3 rings (SSSR count). The van der Waals surface area contributed by atoms with Crippen molar-refractivity contribution in [3.05, 3.63) is 59.9 Å². The molecule has 0 aromatic heterocycles. The molecule has 2 aromatic carbocycles. The summed E-state index contributed by atoms with van der Waals surface area (Å²) in [5, 5.41) is 0. The molecule has 1 saturated heterocycles. The van der Waals surface area contributed by atoms with Gasteiger partial charge in [-0.25, -0.2) is 4.39 Å². The van der Waals surface area contributed by atoms with E-state index in [9.17, 15) is 14.0 Å². The summed E-state index contributed by atoms with van der Waals surface area (Å²) in [5.74, 6) is -0.921. The fraction of sp³-hybridized carbons (Fsp3) is 0.222. The lowest BCUT2D eigenvalue weighted by molar-refractivity contribution is -0.146. The average Bonchev–Trinajstić information content (AvgIpc) is 2.59. The minimum atomic E-state index is -0.592. The first kappa shape index (κ1) is 16.0. The number of ether oxygens (including phenoxy) is 1. The first-order chi connectivity index (χ1) is 11.6. The van der Waals surface area contributed by atoms with Crippen molar-refractivity contribution in [3.8, 4) is 5.75 Å². The van der Waals surface area contributed by atoms with Crippen LogP contribution in [0, 0.1) is 5.82 Å². The van der Waals surface area contributed by atoms with Crippen LogP contribution in [0.3, 0.4) is 0 Å². The quantitative estimate of drug-likeness (QED) is 0.809. The minimum Gasteiger partial charge on any atom is -0.497 e. The number of halogens is 1. The fourth-order valence-electron chi connectivity index (χ4n) is 2.71. The second kappa shape index (κ2) is 6.70. The Bertz CT molecular complexity index is 778. The van der Waals surface area contributed by atoms with Gasteiger partial charge >= 0.3 is 11.8 Å². The van der Waals surface area contributed by atoms with Gasteiger partial charge in [0, 0.05) is 31.4 Å². The minimum absolute atomic E-state index is 0.217. The highest BCUT2D eigenvalue weighted by molar-refractivity contribution is 6.40. The van der Waals surface area contributed by atoms with Gasteiger partial charge in [-0.05, 0) is 29.8 Å². The average molecular weight is 328 g/mol. The van der Waals surface area contributed by atoms with Crippen molar-refractivity contribution < 1.29 is 18.7 Å². The summed E-state index contributed by atoms with van der Waals surface area (Å²) >= 11 is 0. The lowest BCUT2D eigenvalue weighted by Gasteiger charge is -2.33. The van der Waals surface area contributed by atoms with E-state index in [1.807, 2.05) is 0 Å². The van der Waals surface area contributed by atoms with Crippen molar-refractivity contribution >= 4 is 17.5 Å². The van der Waals surface area contributed by atoms with Gasteiger partial charge in [0.1, 0.15) is 11.6 Å². The van der Waals surface area contributed by atoms with Gasteiger partial charge in [0.05, 0.1) is 7.11 Å². The Morgan fingerprint density at radius 1 is 1.04 bits per heavy atom. The zero-order valence-corrected chi connectivity index (χ0v) is 13.2. The van der Waals surface area contributed by atoms with Gasteiger partial charge in [-0.1, -0.05) is 18.2 Å². The maximum Gasteiger partial charge on any atom is 0.316 e. The van der Waals surface area contributed by atoms with Gasteiger partial charge in [0.15, 0.2) is 0 Å². The molecule has 5 nitrogen and oxygen atoms in total. The molecule has 1 fully saturated rings. The van der Waals surface area contributed by atoms with E-state index >= 15 is 0 Å². The molecule has 0 bridgehead atoms. The largest absolute Gasteiger partial charge is 0.497 e. The lowest BCUT2D eigenvalue weighted by atomic mass is 10.1. The summed E-state index contributed by atoms with van der Waals surface area (Å²) in [4.78, 5) is 27.7. The Kier molecular flexibility index (Phi) is 4.46. The number of anilines is 1. The highest BCUT2D eigenvalue weighted by Crippen LogP contribution is 2.23. The summed E-state index contributed by atoms with van der Waals surface area (Å²) in [6, 6.07) is 13.0. The van der Waals surface area contributed by atoms with Gasteiger partial charge in [-0.3, -0.25) is 9.59 Å². The number of hydrogen-bond acceptors (Lipinski definition) is 3. The lowest BCUT2D eigenvalue weighted by Crippen LogP contribution is -2.54. The third-order valence-electron chi connectivity index (χ3n) is 3.94. The van der Waals surface area contributed by atoms with Gasteiger partial charge in [0.25, 0.3) is 0 Å². The van der Waals surface area contributed by atoms with E-state index in [-0.39, 0.29) is 12.4 Å². The third-order valence-corrected chi connectivity index (χ3v) is 3.94. The predicted octanol–water partition coefficient (Wildman–Crippen LogP) is 2.21. The summed E-state index contributed by atoms with van der Waals surface area (Å²) in [7, 11) is 1.54. The van der Waals surface area contributed by atoms with E-state index in [0.29, 0.717) is 30.1 Å². The van der Waals surface area contributed by atoms with Crippen molar-refractivity contribution in [2.75, 3.05) is 25.1 Å². The smallest absolute Gasteiger partial charge is 0.316 e. The summed E-state index contributed by atoms with van der Waals surface area (Å²) in [5.41, 5.74) is 1.28. The van der Waals surface area contributed by atoms with Gasteiger partial charge in [-0.2, -0.15) is 0 Å². The summed E-state index contributed by atoms with van der Waals surface area (Å²) < 4.78 is 18.4. The molecule has 0 atom stereocenters. The number of amides is 2. The van der Waals surface area contributed by atoms with E-state index < -0.39 is 11.8 Å². The molecule has 0 unspecified atom stereocenters. The molecule has 2 aromatic rings. The predicted molar refractivity (Wildman–Crippen MR) is 87.2 cm³/mol. The topological polar surface area (TPSA) is 49.9 Å². The number of hydrogen-bond donors (Lipinski definition) is 0. The van der Waals surface area contributed by atoms with Crippen LogP contribution in [0.25, 0.3) is 0 Å². The first-order valence-corrected chi connectivity index (χ1v) is 7.58. The standard InChI is InChI=1S/C18H17FN2O3/c1-24-16-7-3-6-15(11-16)21-9-8-20(17(22)18(21)23)12-13-4-2-5-14(19)10-13/h2-7,10-11H,8-9,12H2,1H3. The molecule has 6 heteroatoms. The van der Waals surface area contributed by atoms with Crippen LogP contribution < -0.4 is 9.64 Å². The van der Waals surface area contributed by atoms with Crippen LogP contribution in [0.5, 0.6) is 5.75 Å². The number of rotatable bonds is 4. The van der Waals surface area contributed by atoms with Crippen molar-refractivity contribution in [1.82, 2.24) is 4.90 Å². The van der Waals surface area contributed by atoms with Crippen molar-refractivity contribution in [2.45, 2.75) is 6.54 Å². The normalized spacial score (nSPS) is 14.9. The molecule has 1 heterocycles. The summed E-state index contributed by atoms with van der Waals surface area (Å²) in [6.45, 7) is 0.986. The van der Waals surface area contributed by atoms with Crippen LogP contribution >= 0.6 is 0 Å². The van der Waals surface area contributed by atoms with E-state index in [1.54, 1.807) is 43.5 Å². The molecule has 1 aliphatic rings. The Balaban J connectivity index is 1.74. The highest BCUT2D eigenvalue weighted by Gasteiger charge is 2.33. The first-order valence-electron chi connectivity index (χ1n) is 7.58. The molecular weight excluding hydrogens is 311 g/mol. The van der Waals surface area contributed by atoms with Crippen LogP contribution in [0.1, 0.15) is 5.56 Å². The van der Waals surface area contributed by atoms with Crippen LogP contribution in [0.15, 0.2) is 48.5 Å². The van der Waals surface area contributed by atoms with Gasteiger partial charge in [-0.15, -0.1) is 0 Å². The zero-order valence-electron chi connectivity index (χ0n) is 13.2. The molecule has 0 aliphatic carbocycles. The molecular formula is C18H17FN2O3. The molecule has 0 radical (unpaired) electrons. The number of benzene rings is 2. The maximum absolute atomic E-state index is 13.3. The number of piperazine rings is 1. The van der Waals surface area contributed by atoms with Crippen LogP contribution in [0.2, 0.25) is 0 Å². The molecule has 124 valence electrons. The van der Waals surface area contributed by atoms with Crippen molar-refractivity contribution in [2.24, 2.45) is 0 Å². The second-order valence-electron chi connectivity index (χ2n) is 5.51. The number of methoxy groups -OCH3 is 1. The van der Waals surface area contributed by atoms with Crippen molar-refractivity contribution in [1.29, 1.82) is 0 Å². The molecule has 0 spiro atoms. The number of nitrogens with zero attached hydrogens (tertiary/aromatic N) is 2. The van der Waals surface area contributed by atoms with E-state index in [2.05, 4.69) is 0 Å². The Hall–Kier alpha value is -2.89. The molecule has 1 aliphatic heterocycles. The SMILES string of the molecule is COc1cccc(N2CCN(Cc3cccc(F)c3)C(=O)C2=O)c1. The van der Waals surface area contributed by atoms with Gasteiger partial charge in [0.2, 0.25) is 0 Å². The van der Waals surface area contributed by atoms with Crippen LogP contribution in [0.4, 0.5) is 10.1 Å². The van der Waals surface area contributed by atoms with Crippen molar-refractivity contribution in [3.63, 3.8) is 0 Å². The van der Waals surface area contributed by atoms with E-state index in [1.165, 1.54) is 21.9 Å². The van der Waals surface area contributed by atoms with E-state index in [0.717, 1.165) is 0 Å². The molecule has 2 amide bonds. The molecule has 24 heavy (non-hydrogen) atoms.